The maximum Gasteiger partial charge on any atom is 0.253 e. The van der Waals surface area contributed by atoms with Crippen molar-refractivity contribution in [2.24, 2.45) is 0 Å². The molecule has 0 aliphatic heterocycles. The summed E-state index contributed by atoms with van der Waals surface area (Å²) in [6.45, 7) is 3.89. The van der Waals surface area contributed by atoms with Gasteiger partial charge in [-0.1, -0.05) is 29.8 Å². The molecule has 0 saturated heterocycles. The predicted molar refractivity (Wildman–Crippen MR) is 77.9 cm³/mol. The fourth-order valence-electron chi connectivity index (χ4n) is 2.04. The van der Waals surface area contributed by atoms with Gasteiger partial charge in [0.15, 0.2) is 0 Å². The standard InChI is InChI=1S/C16H17FN2O/c1-10-4-3-5-12(8-10)11(2)19-16(20)14-7-6-13(17)9-15(14)18/h3-9,11H,18H2,1-2H3,(H,19,20)/t11-/m0/s1. The summed E-state index contributed by atoms with van der Waals surface area (Å²) in [6, 6.07) is 11.5. The highest BCUT2D eigenvalue weighted by Gasteiger charge is 2.14. The summed E-state index contributed by atoms with van der Waals surface area (Å²) in [6.07, 6.45) is 0. The van der Waals surface area contributed by atoms with Crippen LogP contribution in [0.1, 0.15) is 34.5 Å². The van der Waals surface area contributed by atoms with E-state index in [0.29, 0.717) is 0 Å². The second-order valence-corrected chi connectivity index (χ2v) is 4.84. The van der Waals surface area contributed by atoms with E-state index in [-0.39, 0.29) is 23.2 Å². The van der Waals surface area contributed by atoms with Crippen LogP contribution in [0.4, 0.5) is 10.1 Å². The number of nitrogens with one attached hydrogen (secondary N) is 1. The molecule has 2 aromatic rings. The van der Waals surface area contributed by atoms with Gasteiger partial charge >= 0.3 is 0 Å². The molecule has 1 atom stereocenters. The molecular formula is C16H17FN2O. The first-order valence-electron chi connectivity index (χ1n) is 6.40. The van der Waals surface area contributed by atoms with Crippen LogP contribution >= 0.6 is 0 Å². The van der Waals surface area contributed by atoms with Gasteiger partial charge in [-0.15, -0.1) is 0 Å². The van der Waals surface area contributed by atoms with Crippen LogP contribution in [0.5, 0.6) is 0 Å². The van der Waals surface area contributed by atoms with Gasteiger partial charge in [0.25, 0.3) is 5.91 Å². The average Bonchev–Trinajstić information content (AvgIpc) is 2.38. The Balaban J connectivity index is 2.15. The summed E-state index contributed by atoms with van der Waals surface area (Å²) in [7, 11) is 0. The molecule has 0 radical (unpaired) electrons. The number of nitrogens with two attached hydrogens (primary N) is 1. The lowest BCUT2D eigenvalue weighted by Gasteiger charge is -2.15. The van der Waals surface area contributed by atoms with Gasteiger partial charge in [-0.2, -0.15) is 0 Å². The quantitative estimate of drug-likeness (QED) is 0.843. The van der Waals surface area contributed by atoms with Crippen molar-refractivity contribution in [2.75, 3.05) is 5.73 Å². The van der Waals surface area contributed by atoms with Crippen molar-refractivity contribution in [3.63, 3.8) is 0 Å². The van der Waals surface area contributed by atoms with Crippen LogP contribution in [-0.2, 0) is 0 Å². The lowest BCUT2D eigenvalue weighted by molar-refractivity contribution is 0.0940. The number of hydrogen-bond acceptors (Lipinski definition) is 2. The van der Waals surface area contributed by atoms with E-state index < -0.39 is 5.82 Å². The zero-order valence-corrected chi connectivity index (χ0v) is 11.5. The third-order valence-corrected chi connectivity index (χ3v) is 3.15. The molecule has 0 aromatic heterocycles. The minimum atomic E-state index is -0.453. The Bertz CT molecular complexity index is 640. The fourth-order valence-corrected chi connectivity index (χ4v) is 2.04. The van der Waals surface area contributed by atoms with Crippen LogP contribution in [0.2, 0.25) is 0 Å². The minimum absolute atomic E-state index is 0.138. The topological polar surface area (TPSA) is 55.1 Å². The van der Waals surface area contributed by atoms with Gasteiger partial charge in [0.1, 0.15) is 5.82 Å². The van der Waals surface area contributed by atoms with Crippen molar-refractivity contribution in [1.82, 2.24) is 5.32 Å². The van der Waals surface area contributed by atoms with Crippen molar-refractivity contribution >= 4 is 11.6 Å². The molecule has 2 aromatic carbocycles. The molecule has 1 amide bonds. The second-order valence-electron chi connectivity index (χ2n) is 4.84. The summed E-state index contributed by atoms with van der Waals surface area (Å²) in [5, 5.41) is 2.86. The normalized spacial score (nSPS) is 11.9. The number of carbonyl (C=O) groups is 1. The van der Waals surface area contributed by atoms with Crippen molar-refractivity contribution in [2.45, 2.75) is 19.9 Å². The van der Waals surface area contributed by atoms with Gasteiger partial charge < -0.3 is 11.1 Å². The van der Waals surface area contributed by atoms with E-state index in [2.05, 4.69) is 5.32 Å². The number of hydrogen-bond donors (Lipinski definition) is 2. The van der Waals surface area contributed by atoms with Gasteiger partial charge in [-0.3, -0.25) is 4.79 Å². The number of halogens is 1. The van der Waals surface area contributed by atoms with E-state index in [1.807, 2.05) is 38.1 Å². The van der Waals surface area contributed by atoms with Gasteiger partial charge in [0.2, 0.25) is 0 Å². The fraction of sp³-hybridized carbons (Fsp3) is 0.188. The molecule has 0 bridgehead atoms. The monoisotopic (exact) mass is 272 g/mol. The van der Waals surface area contributed by atoms with E-state index in [9.17, 15) is 9.18 Å². The van der Waals surface area contributed by atoms with E-state index >= 15 is 0 Å². The smallest absolute Gasteiger partial charge is 0.253 e. The minimum Gasteiger partial charge on any atom is -0.398 e. The van der Waals surface area contributed by atoms with Crippen molar-refractivity contribution < 1.29 is 9.18 Å². The van der Waals surface area contributed by atoms with Gasteiger partial charge in [0.05, 0.1) is 11.6 Å². The lowest BCUT2D eigenvalue weighted by Crippen LogP contribution is -2.27. The molecule has 3 nitrogen and oxygen atoms in total. The van der Waals surface area contributed by atoms with Gasteiger partial charge in [0, 0.05) is 5.69 Å². The molecule has 2 rings (SSSR count). The molecule has 0 fully saturated rings. The number of carbonyl (C=O) groups excluding carboxylic acids is 1. The van der Waals surface area contributed by atoms with Crippen molar-refractivity contribution in [3.8, 4) is 0 Å². The number of nitrogen functional groups attached to an aromatic ring is 1. The second kappa shape index (κ2) is 5.74. The summed E-state index contributed by atoms with van der Waals surface area (Å²) >= 11 is 0. The lowest BCUT2D eigenvalue weighted by atomic mass is 10.0. The molecule has 0 aliphatic rings. The Hall–Kier alpha value is -2.36. The number of aryl methyl sites for hydroxylation is 1. The summed E-state index contributed by atoms with van der Waals surface area (Å²) in [4.78, 5) is 12.1. The Morgan fingerprint density at radius 3 is 2.65 bits per heavy atom. The third kappa shape index (κ3) is 3.15. The molecule has 0 spiro atoms. The molecule has 0 saturated carbocycles. The first-order valence-corrected chi connectivity index (χ1v) is 6.40. The molecule has 4 heteroatoms. The van der Waals surface area contributed by atoms with Crippen LogP contribution < -0.4 is 11.1 Å². The maximum atomic E-state index is 13.0. The van der Waals surface area contributed by atoms with Gasteiger partial charge in [-0.25, -0.2) is 4.39 Å². The van der Waals surface area contributed by atoms with Crippen LogP contribution in [0.15, 0.2) is 42.5 Å². The number of amides is 1. The molecule has 104 valence electrons. The third-order valence-electron chi connectivity index (χ3n) is 3.15. The SMILES string of the molecule is Cc1cccc([C@H](C)NC(=O)c2ccc(F)cc2N)c1. The number of rotatable bonds is 3. The first-order chi connectivity index (χ1) is 9.47. The summed E-state index contributed by atoms with van der Waals surface area (Å²) < 4.78 is 13.0. The van der Waals surface area contributed by atoms with Crippen LogP contribution in [0.25, 0.3) is 0 Å². The summed E-state index contributed by atoms with van der Waals surface area (Å²) in [5.41, 5.74) is 8.22. The van der Waals surface area contributed by atoms with E-state index in [1.54, 1.807) is 0 Å². The van der Waals surface area contributed by atoms with E-state index in [1.165, 1.54) is 12.1 Å². The van der Waals surface area contributed by atoms with E-state index in [0.717, 1.165) is 17.2 Å². The summed E-state index contributed by atoms with van der Waals surface area (Å²) in [5.74, 6) is -0.762. The molecular weight excluding hydrogens is 255 g/mol. The molecule has 20 heavy (non-hydrogen) atoms. The molecule has 0 aliphatic carbocycles. The molecule has 3 N–H and O–H groups in total. The highest BCUT2D eigenvalue weighted by Crippen LogP contribution is 2.17. The first kappa shape index (κ1) is 14.1. The predicted octanol–water partition coefficient (Wildman–Crippen LogP) is 3.21. The Morgan fingerprint density at radius 2 is 2.00 bits per heavy atom. The zero-order valence-electron chi connectivity index (χ0n) is 11.5. The van der Waals surface area contributed by atoms with Gasteiger partial charge in [-0.05, 0) is 37.6 Å². The van der Waals surface area contributed by atoms with Crippen LogP contribution in [0, 0.1) is 12.7 Å². The van der Waals surface area contributed by atoms with Crippen LogP contribution in [-0.4, -0.2) is 5.91 Å². The zero-order chi connectivity index (χ0) is 14.7. The Morgan fingerprint density at radius 1 is 1.25 bits per heavy atom. The molecule has 0 unspecified atom stereocenters. The molecule has 0 heterocycles. The highest BCUT2D eigenvalue weighted by molar-refractivity contribution is 5.99. The average molecular weight is 272 g/mol. The Kier molecular flexibility index (Phi) is 4.03. The number of anilines is 1. The number of benzene rings is 2. The Labute approximate surface area is 117 Å². The highest BCUT2D eigenvalue weighted by atomic mass is 19.1. The van der Waals surface area contributed by atoms with Crippen LogP contribution in [0.3, 0.4) is 0 Å². The van der Waals surface area contributed by atoms with Crippen molar-refractivity contribution in [3.05, 3.63) is 65.0 Å². The largest absolute Gasteiger partial charge is 0.398 e. The maximum absolute atomic E-state index is 13.0. The van der Waals surface area contributed by atoms with Crippen molar-refractivity contribution in [1.29, 1.82) is 0 Å². The van der Waals surface area contributed by atoms with E-state index in [4.69, 9.17) is 5.73 Å².